The lowest BCUT2D eigenvalue weighted by molar-refractivity contribution is 0.648. The first-order valence-corrected chi connectivity index (χ1v) is 6.03. The minimum absolute atomic E-state index is 0.846. The smallest absolute Gasteiger partial charge is 0.225 e. The van der Waals surface area contributed by atoms with Gasteiger partial charge in [-0.15, -0.1) is 0 Å². The Balaban J connectivity index is 2.47. The van der Waals surface area contributed by atoms with Gasteiger partial charge in [-0.2, -0.15) is 0 Å². The summed E-state index contributed by atoms with van der Waals surface area (Å²) in [4.78, 5) is 11.0. The molecule has 16 heavy (non-hydrogen) atoms. The fraction of sp³-hybridized carbons (Fsp3) is 0.667. The molecule has 0 atom stereocenters. The first-order chi connectivity index (χ1) is 7.77. The normalized spacial score (nSPS) is 10.4. The lowest BCUT2D eigenvalue weighted by atomic mass is 10.3. The van der Waals surface area contributed by atoms with Gasteiger partial charge in [0.1, 0.15) is 0 Å². The van der Waals surface area contributed by atoms with Gasteiger partial charge in [0, 0.05) is 25.0 Å². The zero-order valence-electron chi connectivity index (χ0n) is 10.5. The third kappa shape index (κ3) is 4.14. The zero-order valence-corrected chi connectivity index (χ0v) is 10.5. The molecule has 1 aromatic rings. The Bertz CT molecular complexity index is 301. The van der Waals surface area contributed by atoms with Crippen molar-refractivity contribution in [2.75, 3.05) is 31.1 Å². The maximum atomic E-state index is 4.44. The number of rotatable bonds is 7. The van der Waals surface area contributed by atoms with Crippen LogP contribution in [0.5, 0.6) is 0 Å². The van der Waals surface area contributed by atoms with Crippen molar-refractivity contribution in [2.45, 2.75) is 27.2 Å². The minimum Gasteiger partial charge on any atom is -0.341 e. The van der Waals surface area contributed by atoms with Crippen molar-refractivity contribution in [1.29, 1.82) is 0 Å². The molecule has 0 aliphatic rings. The van der Waals surface area contributed by atoms with Gasteiger partial charge in [-0.05, 0) is 39.4 Å². The molecule has 0 aliphatic carbocycles. The van der Waals surface area contributed by atoms with E-state index in [0.29, 0.717) is 0 Å². The summed E-state index contributed by atoms with van der Waals surface area (Å²) >= 11 is 0. The molecular formula is C12H22N4. The quantitative estimate of drug-likeness (QED) is 0.712. The van der Waals surface area contributed by atoms with Gasteiger partial charge >= 0.3 is 0 Å². The predicted molar refractivity (Wildman–Crippen MR) is 67.8 cm³/mol. The summed E-state index contributed by atoms with van der Waals surface area (Å²) in [7, 11) is 0. The van der Waals surface area contributed by atoms with Crippen molar-refractivity contribution in [2.24, 2.45) is 0 Å². The highest BCUT2D eigenvalue weighted by molar-refractivity contribution is 5.29. The fourth-order valence-electron chi connectivity index (χ4n) is 1.56. The van der Waals surface area contributed by atoms with E-state index in [1.165, 1.54) is 0 Å². The molecule has 0 radical (unpaired) electrons. The van der Waals surface area contributed by atoms with E-state index in [-0.39, 0.29) is 0 Å². The Morgan fingerprint density at radius 3 is 2.81 bits per heavy atom. The summed E-state index contributed by atoms with van der Waals surface area (Å²) in [5.74, 6) is 0.846. The van der Waals surface area contributed by atoms with Crippen LogP contribution in [-0.2, 0) is 0 Å². The average molecular weight is 222 g/mol. The van der Waals surface area contributed by atoms with Crippen molar-refractivity contribution in [1.82, 2.24) is 15.3 Å². The number of aryl methyl sites for hydroxylation is 1. The maximum absolute atomic E-state index is 4.44. The Morgan fingerprint density at radius 1 is 1.38 bits per heavy atom. The second-order valence-electron chi connectivity index (χ2n) is 3.78. The first kappa shape index (κ1) is 12.9. The summed E-state index contributed by atoms with van der Waals surface area (Å²) < 4.78 is 0. The van der Waals surface area contributed by atoms with E-state index in [1.54, 1.807) is 0 Å². The van der Waals surface area contributed by atoms with E-state index in [9.17, 15) is 0 Å². The van der Waals surface area contributed by atoms with Crippen LogP contribution < -0.4 is 10.2 Å². The summed E-state index contributed by atoms with van der Waals surface area (Å²) in [6.07, 6.45) is 2.95. The molecule has 1 N–H and O–H groups in total. The Morgan fingerprint density at radius 2 is 2.19 bits per heavy atom. The van der Waals surface area contributed by atoms with Crippen molar-refractivity contribution < 1.29 is 0 Å². The number of aromatic nitrogens is 2. The van der Waals surface area contributed by atoms with E-state index in [4.69, 9.17) is 0 Å². The van der Waals surface area contributed by atoms with Crippen molar-refractivity contribution in [3.63, 3.8) is 0 Å². The van der Waals surface area contributed by atoms with E-state index in [2.05, 4.69) is 34.0 Å². The fourth-order valence-corrected chi connectivity index (χ4v) is 1.56. The molecule has 0 saturated carbocycles. The van der Waals surface area contributed by atoms with Crippen molar-refractivity contribution in [3.8, 4) is 0 Å². The van der Waals surface area contributed by atoms with Gasteiger partial charge in [-0.25, -0.2) is 9.97 Å². The van der Waals surface area contributed by atoms with Gasteiger partial charge in [0.2, 0.25) is 5.95 Å². The highest BCUT2D eigenvalue weighted by atomic mass is 15.2. The molecule has 1 rings (SSSR count). The molecule has 0 unspecified atom stereocenters. The summed E-state index contributed by atoms with van der Waals surface area (Å²) in [6.45, 7) is 10.3. The second kappa shape index (κ2) is 7.17. The van der Waals surface area contributed by atoms with Gasteiger partial charge in [-0.3, -0.25) is 0 Å². The van der Waals surface area contributed by atoms with Gasteiger partial charge < -0.3 is 10.2 Å². The highest BCUT2D eigenvalue weighted by Gasteiger charge is 2.06. The summed E-state index contributed by atoms with van der Waals surface area (Å²) in [5, 5.41) is 3.32. The minimum atomic E-state index is 0.846. The van der Waals surface area contributed by atoms with E-state index in [0.717, 1.165) is 44.2 Å². The Kier molecular flexibility index (Phi) is 5.78. The Labute approximate surface area is 98.1 Å². The molecule has 4 nitrogen and oxygen atoms in total. The number of hydrogen-bond acceptors (Lipinski definition) is 4. The molecule has 0 amide bonds. The van der Waals surface area contributed by atoms with E-state index in [1.807, 2.05) is 19.2 Å². The maximum Gasteiger partial charge on any atom is 0.225 e. The van der Waals surface area contributed by atoms with Crippen LogP contribution in [0.2, 0.25) is 0 Å². The molecule has 1 heterocycles. The van der Waals surface area contributed by atoms with Gasteiger partial charge in [0.05, 0.1) is 0 Å². The van der Waals surface area contributed by atoms with Gasteiger partial charge in [0.15, 0.2) is 0 Å². The molecule has 90 valence electrons. The van der Waals surface area contributed by atoms with Crippen LogP contribution in [0.3, 0.4) is 0 Å². The average Bonchev–Trinajstić information content (AvgIpc) is 2.29. The van der Waals surface area contributed by atoms with Crippen LogP contribution >= 0.6 is 0 Å². The SMILES string of the molecule is CCNCCCN(CC)c1nccc(C)n1. The zero-order chi connectivity index (χ0) is 11.8. The molecule has 0 aromatic carbocycles. The van der Waals surface area contributed by atoms with E-state index >= 15 is 0 Å². The van der Waals surface area contributed by atoms with Crippen LogP contribution in [0, 0.1) is 6.92 Å². The Hall–Kier alpha value is -1.16. The summed E-state index contributed by atoms with van der Waals surface area (Å²) in [6, 6.07) is 1.93. The third-order valence-electron chi connectivity index (χ3n) is 2.48. The monoisotopic (exact) mass is 222 g/mol. The molecule has 1 aromatic heterocycles. The van der Waals surface area contributed by atoms with Gasteiger partial charge in [0.25, 0.3) is 0 Å². The van der Waals surface area contributed by atoms with Crippen LogP contribution in [0.1, 0.15) is 26.0 Å². The molecular weight excluding hydrogens is 200 g/mol. The van der Waals surface area contributed by atoms with Crippen molar-refractivity contribution in [3.05, 3.63) is 18.0 Å². The molecule has 4 heteroatoms. The number of nitrogens with zero attached hydrogens (tertiary/aromatic N) is 3. The van der Waals surface area contributed by atoms with Gasteiger partial charge in [-0.1, -0.05) is 6.92 Å². The first-order valence-electron chi connectivity index (χ1n) is 6.03. The van der Waals surface area contributed by atoms with Crippen LogP contribution in [0.25, 0.3) is 0 Å². The number of nitrogens with one attached hydrogen (secondary N) is 1. The largest absolute Gasteiger partial charge is 0.341 e. The highest BCUT2D eigenvalue weighted by Crippen LogP contribution is 2.07. The summed E-state index contributed by atoms with van der Waals surface area (Å²) in [5.41, 5.74) is 1.02. The van der Waals surface area contributed by atoms with E-state index < -0.39 is 0 Å². The predicted octanol–water partition coefficient (Wildman–Crippen LogP) is 1.61. The lowest BCUT2D eigenvalue weighted by Crippen LogP contribution is -2.28. The lowest BCUT2D eigenvalue weighted by Gasteiger charge is -2.20. The molecule has 0 aliphatic heterocycles. The van der Waals surface area contributed by atoms with Crippen LogP contribution in [0.15, 0.2) is 12.3 Å². The molecule has 0 bridgehead atoms. The third-order valence-corrected chi connectivity index (χ3v) is 2.48. The molecule has 0 spiro atoms. The number of hydrogen-bond donors (Lipinski definition) is 1. The van der Waals surface area contributed by atoms with Crippen molar-refractivity contribution >= 4 is 5.95 Å². The molecule has 0 saturated heterocycles. The standard InChI is InChI=1S/C12H22N4/c1-4-13-8-6-10-16(5-2)12-14-9-7-11(3)15-12/h7,9,13H,4-6,8,10H2,1-3H3. The molecule has 0 fully saturated rings. The van der Waals surface area contributed by atoms with Crippen LogP contribution in [-0.4, -0.2) is 36.1 Å². The second-order valence-corrected chi connectivity index (χ2v) is 3.78. The van der Waals surface area contributed by atoms with Crippen LogP contribution in [0.4, 0.5) is 5.95 Å². The topological polar surface area (TPSA) is 41.0 Å². The number of anilines is 1.